The number of hydrogen-bond acceptors (Lipinski definition) is 4. The number of methoxy groups -OCH3 is 1. The molecule has 1 N–H and O–H groups in total. The molecular weight excluding hydrogens is 386 g/mol. The van der Waals surface area contributed by atoms with E-state index in [0.29, 0.717) is 0 Å². The molecule has 5 nitrogen and oxygen atoms in total. The summed E-state index contributed by atoms with van der Waals surface area (Å²) in [4.78, 5) is 9.48. The van der Waals surface area contributed by atoms with Crippen molar-refractivity contribution >= 4 is 21.9 Å². The molecular formula is C26H23N3O2. The van der Waals surface area contributed by atoms with E-state index in [1.54, 1.807) is 19.2 Å². The highest BCUT2D eigenvalue weighted by molar-refractivity contribution is 6.05. The summed E-state index contributed by atoms with van der Waals surface area (Å²) < 4.78 is 8.03. The Kier molecular flexibility index (Phi) is 4.59. The van der Waals surface area contributed by atoms with Crippen LogP contribution in [0.5, 0.6) is 11.5 Å². The van der Waals surface area contributed by atoms with Crippen LogP contribution in [0.3, 0.4) is 0 Å². The summed E-state index contributed by atoms with van der Waals surface area (Å²) in [6.07, 6.45) is 1.84. The van der Waals surface area contributed by atoms with Gasteiger partial charge in [-0.2, -0.15) is 0 Å². The fourth-order valence-electron chi connectivity index (χ4n) is 4.31. The standard InChI is InChI=1S/C26H23N3O2/c1-16(18-7-5-4-6-8-18)29-17(2)28-24-15-27-23-13-21(19-9-11-20(30)12-10-19)25(31-3)14-22(23)26(24)29/h4-16,30H,1-3H3/t16-/m0/s1. The summed E-state index contributed by atoms with van der Waals surface area (Å²) in [6.45, 7) is 4.23. The molecule has 0 radical (unpaired) electrons. The second-order valence-electron chi connectivity index (χ2n) is 7.72. The molecule has 0 amide bonds. The number of phenolic OH excluding ortho intramolecular Hbond substituents is 1. The van der Waals surface area contributed by atoms with Gasteiger partial charge in [-0.25, -0.2) is 4.98 Å². The van der Waals surface area contributed by atoms with Crippen LogP contribution in [-0.4, -0.2) is 26.8 Å². The van der Waals surface area contributed by atoms with Gasteiger partial charge in [0, 0.05) is 10.9 Å². The van der Waals surface area contributed by atoms with Gasteiger partial charge < -0.3 is 14.4 Å². The molecule has 5 aromatic rings. The number of aromatic nitrogens is 3. The predicted octanol–water partition coefficient (Wildman–Crippen LogP) is 5.88. The monoisotopic (exact) mass is 409 g/mol. The van der Waals surface area contributed by atoms with Crippen molar-refractivity contribution < 1.29 is 9.84 Å². The van der Waals surface area contributed by atoms with Gasteiger partial charge in [-0.15, -0.1) is 0 Å². The lowest BCUT2D eigenvalue weighted by molar-refractivity contribution is 0.417. The molecule has 0 saturated heterocycles. The molecule has 0 bridgehead atoms. The van der Waals surface area contributed by atoms with Crippen LogP contribution >= 0.6 is 0 Å². The molecule has 5 rings (SSSR count). The minimum absolute atomic E-state index is 0.125. The van der Waals surface area contributed by atoms with Crippen molar-refractivity contribution in [2.45, 2.75) is 19.9 Å². The van der Waals surface area contributed by atoms with Gasteiger partial charge in [0.1, 0.15) is 22.8 Å². The van der Waals surface area contributed by atoms with Crippen LogP contribution in [0, 0.1) is 6.92 Å². The lowest BCUT2D eigenvalue weighted by Crippen LogP contribution is -2.08. The largest absolute Gasteiger partial charge is 0.508 e. The molecule has 0 aliphatic rings. The summed E-state index contributed by atoms with van der Waals surface area (Å²) in [5.41, 5.74) is 5.91. The van der Waals surface area contributed by atoms with Crippen LogP contribution in [-0.2, 0) is 0 Å². The van der Waals surface area contributed by atoms with Crippen LogP contribution in [0.2, 0.25) is 0 Å². The van der Waals surface area contributed by atoms with Crippen LogP contribution < -0.4 is 4.74 Å². The van der Waals surface area contributed by atoms with Gasteiger partial charge in [-0.1, -0.05) is 42.5 Å². The Hall–Kier alpha value is -3.86. The van der Waals surface area contributed by atoms with E-state index in [9.17, 15) is 5.11 Å². The van der Waals surface area contributed by atoms with Gasteiger partial charge in [0.15, 0.2) is 0 Å². The highest BCUT2D eigenvalue weighted by Gasteiger charge is 2.19. The van der Waals surface area contributed by atoms with E-state index in [4.69, 9.17) is 14.7 Å². The average Bonchev–Trinajstić information content (AvgIpc) is 3.15. The fraction of sp³-hybridized carbons (Fsp3) is 0.154. The molecule has 0 aliphatic heterocycles. The van der Waals surface area contributed by atoms with E-state index in [-0.39, 0.29) is 11.8 Å². The number of aromatic hydroxyl groups is 1. The summed E-state index contributed by atoms with van der Waals surface area (Å²) in [7, 11) is 1.67. The average molecular weight is 409 g/mol. The maximum atomic E-state index is 9.65. The first-order valence-electron chi connectivity index (χ1n) is 10.3. The van der Waals surface area contributed by atoms with Crippen molar-refractivity contribution in [1.82, 2.24) is 14.5 Å². The zero-order valence-corrected chi connectivity index (χ0v) is 17.7. The quantitative estimate of drug-likeness (QED) is 0.402. The molecule has 0 spiro atoms. The normalized spacial score (nSPS) is 12.4. The fourth-order valence-corrected chi connectivity index (χ4v) is 4.31. The Bertz CT molecular complexity index is 1390. The summed E-state index contributed by atoms with van der Waals surface area (Å²) in [6, 6.07) is 21.8. The number of fused-ring (bicyclic) bond motifs is 3. The molecule has 5 heteroatoms. The van der Waals surface area contributed by atoms with Gasteiger partial charge in [0.2, 0.25) is 0 Å². The van der Waals surface area contributed by atoms with E-state index in [2.05, 4.69) is 35.8 Å². The third-order valence-corrected chi connectivity index (χ3v) is 5.86. The summed E-state index contributed by atoms with van der Waals surface area (Å²) >= 11 is 0. The SMILES string of the molecule is COc1cc2c(cc1-c1ccc(O)cc1)ncc1nc(C)n([C@@H](C)c3ccccc3)c12. The molecule has 0 unspecified atom stereocenters. The number of hydrogen-bond donors (Lipinski definition) is 1. The Morgan fingerprint density at radius 2 is 1.71 bits per heavy atom. The minimum Gasteiger partial charge on any atom is -0.508 e. The van der Waals surface area contributed by atoms with Crippen molar-refractivity contribution in [2.24, 2.45) is 0 Å². The van der Waals surface area contributed by atoms with Crippen molar-refractivity contribution in [3.05, 3.63) is 84.3 Å². The smallest absolute Gasteiger partial charge is 0.127 e. The van der Waals surface area contributed by atoms with Gasteiger partial charge >= 0.3 is 0 Å². The molecule has 1 atom stereocenters. The van der Waals surface area contributed by atoms with Crippen LogP contribution in [0.25, 0.3) is 33.1 Å². The van der Waals surface area contributed by atoms with Crippen molar-refractivity contribution in [2.75, 3.05) is 7.11 Å². The molecule has 2 aromatic heterocycles. The molecule has 3 aromatic carbocycles. The number of benzene rings is 3. The van der Waals surface area contributed by atoms with E-state index in [0.717, 1.165) is 44.6 Å². The Labute approximate surface area is 180 Å². The number of pyridine rings is 1. The van der Waals surface area contributed by atoms with E-state index in [1.165, 1.54) is 5.56 Å². The van der Waals surface area contributed by atoms with Crippen LogP contribution in [0.1, 0.15) is 24.4 Å². The number of ether oxygens (including phenoxy) is 1. The lowest BCUT2D eigenvalue weighted by atomic mass is 10.0. The molecule has 2 heterocycles. The highest BCUT2D eigenvalue weighted by Crippen LogP contribution is 2.38. The molecule has 154 valence electrons. The van der Waals surface area contributed by atoms with E-state index in [1.807, 2.05) is 43.5 Å². The third kappa shape index (κ3) is 3.19. The molecule has 0 aliphatic carbocycles. The maximum absolute atomic E-state index is 9.65. The first kappa shape index (κ1) is 19.1. The Balaban J connectivity index is 1.77. The van der Waals surface area contributed by atoms with Gasteiger partial charge in [0.25, 0.3) is 0 Å². The zero-order valence-electron chi connectivity index (χ0n) is 17.7. The third-order valence-electron chi connectivity index (χ3n) is 5.86. The number of phenols is 1. The number of rotatable bonds is 4. The maximum Gasteiger partial charge on any atom is 0.127 e. The Morgan fingerprint density at radius 3 is 2.42 bits per heavy atom. The lowest BCUT2D eigenvalue weighted by Gasteiger charge is -2.18. The van der Waals surface area contributed by atoms with E-state index >= 15 is 0 Å². The number of imidazole rings is 1. The van der Waals surface area contributed by atoms with E-state index < -0.39 is 0 Å². The number of nitrogens with zero attached hydrogens (tertiary/aromatic N) is 3. The first-order valence-corrected chi connectivity index (χ1v) is 10.3. The van der Waals surface area contributed by atoms with Crippen molar-refractivity contribution in [3.63, 3.8) is 0 Å². The molecule has 0 saturated carbocycles. The minimum atomic E-state index is 0.125. The number of aryl methyl sites for hydroxylation is 1. The van der Waals surface area contributed by atoms with Gasteiger partial charge in [-0.05, 0) is 49.2 Å². The first-order chi connectivity index (χ1) is 15.1. The molecule has 31 heavy (non-hydrogen) atoms. The Morgan fingerprint density at radius 1 is 0.968 bits per heavy atom. The zero-order chi connectivity index (χ0) is 21.5. The van der Waals surface area contributed by atoms with Gasteiger partial charge in [-0.3, -0.25) is 4.98 Å². The van der Waals surface area contributed by atoms with Crippen molar-refractivity contribution in [1.29, 1.82) is 0 Å². The second kappa shape index (κ2) is 7.43. The van der Waals surface area contributed by atoms with Crippen molar-refractivity contribution in [3.8, 4) is 22.6 Å². The topological polar surface area (TPSA) is 60.2 Å². The highest BCUT2D eigenvalue weighted by atomic mass is 16.5. The summed E-state index contributed by atoms with van der Waals surface area (Å²) in [5.74, 6) is 1.94. The van der Waals surface area contributed by atoms with Gasteiger partial charge in [0.05, 0.1) is 30.4 Å². The molecule has 0 fully saturated rings. The predicted molar refractivity (Wildman–Crippen MR) is 124 cm³/mol. The van der Waals surface area contributed by atoms with Crippen LogP contribution in [0.4, 0.5) is 0 Å². The van der Waals surface area contributed by atoms with Crippen LogP contribution in [0.15, 0.2) is 72.9 Å². The summed E-state index contributed by atoms with van der Waals surface area (Å²) in [5, 5.41) is 10.6. The second-order valence-corrected chi connectivity index (χ2v) is 7.72.